The second-order valence-corrected chi connectivity index (χ2v) is 7.36. The van der Waals surface area contributed by atoms with Gasteiger partial charge in [-0.2, -0.15) is 13.2 Å². The van der Waals surface area contributed by atoms with Crippen LogP contribution < -0.4 is 4.90 Å². The summed E-state index contributed by atoms with van der Waals surface area (Å²) in [6.07, 6.45) is -4.32. The second kappa shape index (κ2) is 7.91. The number of hydrogen-bond acceptors (Lipinski definition) is 4. The summed E-state index contributed by atoms with van der Waals surface area (Å²) in [7, 11) is 0. The number of aryl methyl sites for hydroxylation is 1. The standard InChI is InChI=1S/C22H22F3N3O/c1-16-5-7-17(8-6-16)21-14-20(29-26-21)15-27-9-11-28(12-10-27)19-4-2-3-18(13-19)22(23,24)25/h2-8,13-14H,9-12,15H2,1H3. The lowest BCUT2D eigenvalue weighted by Gasteiger charge is -2.35. The van der Waals surface area contributed by atoms with Crippen LogP contribution in [0.15, 0.2) is 59.1 Å². The van der Waals surface area contributed by atoms with Crippen LogP contribution in [0.3, 0.4) is 0 Å². The van der Waals surface area contributed by atoms with Gasteiger partial charge in [-0.1, -0.05) is 41.1 Å². The molecule has 4 rings (SSSR count). The molecule has 0 N–H and O–H groups in total. The van der Waals surface area contributed by atoms with E-state index >= 15 is 0 Å². The van der Waals surface area contributed by atoms with E-state index in [9.17, 15) is 13.2 Å². The Morgan fingerprint density at radius 1 is 0.966 bits per heavy atom. The number of rotatable bonds is 4. The van der Waals surface area contributed by atoms with E-state index in [1.165, 1.54) is 17.7 Å². The van der Waals surface area contributed by atoms with Crippen LogP contribution in [0.5, 0.6) is 0 Å². The number of nitrogens with zero attached hydrogens (tertiary/aromatic N) is 3. The first-order valence-electron chi connectivity index (χ1n) is 9.56. The molecule has 2 heterocycles. The van der Waals surface area contributed by atoms with Gasteiger partial charge in [0.25, 0.3) is 0 Å². The Hall–Kier alpha value is -2.80. The molecule has 1 aliphatic rings. The molecule has 3 aromatic rings. The van der Waals surface area contributed by atoms with E-state index in [-0.39, 0.29) is 0 Å². The summed E-state index contributed by atoms with van der Waals surface area (Å²) in [5.41, 5.74) is 3.02. The van der Waals surface area contributed by atoms with Crippen molar-refractivity contribution < 1.29 is 17.7 Å². The molecule has 29 heavy (non-hydrogen) atoms. The Bertz CT molecular complexity index is 958. The molecule has 0 atom stereocenters. The lowest BCUT2D eigenvalue weighted by molar-refractivity contribution is -0.137. The maximum atomic E-state index is 12.9. The van der Waals surface area contributed by atoms with Gasteiger partial charge in [0, 0.05) is 43.5 Å². The van der Waals surface area contributed by atoms with Crippen LogP contribution in [0, 0.1) is 6.92 Å². The Balaban J connectivity index is 1.35. The van der Waals surface area contributed by atoms with Gasteiger partial charge in [0.15, 0.2) is 5.76 Å². The van der Waals surface area contributed by atoms with Gasteiger partial charge < -0.3 is 9.42 Å². The number of hydrogen-bond donors (Lipinski definition) is 0. The molecule has 1 aromatic heterocycles. The molecule has 0 radical (unpaired) electrons. The third-order valence-electron chi connectivity index (χ3n) is 5.20. The number of benzene rings is 2. The smallest absolute Gasteiger partial charge is 0.369 e. The van der Waals surface area contributed by atoms with Gasteiger partial charge in [-0.25, -0.2) is 0 Å². The Morgan fingerprint density at radius 2 is 1.69 bits per heavy atom. The minimum Gasteiger partial charge on any atom is -0.369 e. The average molecular weight is 401 g/mol. The quantitative estimate of drug-likeness (QED) is 0.617. The lowest BCUT2D eigenvalue weighted by Crippen LogP contribution is -2.46. The van der Waals surface area contributed by atoms with Crippen LogP contribution in [0.25, 0.3) is 11.3 Å². The minimum atomic E-state index is -4.32. The van der Waals surface area contributed by atoms with Gasteiger partial charge in [0.05, 0.1) is 12.1 Å². The largest absolute Gasteiger partial charge is 0.416 e. The zero-order chi connectivity index (χ0) is 20.4. The number of piperazine rings is 1. The Labute approximate surface area is 167 Å². The van der Waals surface area contributed by atoms with Crippen molar-refractivity contribution in [2.45, 2.75) is 19.6 Å². The number of aromatic nitrogens is 1. The molecule has 1 fully saturated rings. The summed E-state index contributed by atoms with van der Waals surface area (Å²) in [6, 6.07) is 15.6. The first kappa shape index (κ1) is 19.5. The molecule has 4 nitrogen and oxygen atoms in total. The molecular weight excluding hydrogens is 379 g/mol. The number of halogens is 3. The Kier molecular flexibility index (Phi) is 5.32. The van der Waals surface area contributed by atoms with Crippen molar-refractivity contribution in [1.29, 1.82) is 0 Å². The second-order valence-electron chi connectivity index (χ2n) is 7.36. The van der Waals surface area contributed by atoms with Crippen molar-refractivity contribution in [3.05, 3.63) is 71.5 Å². The van der Waals surface area contributed by atoms with Gasteiger partial charge in [-0.15, -0.1) is 0 Å². The Morgan fingerprint density at radius 3 is 2.38 bits per heavy atom. The molecule has 0 bridgehead atoms. The molecule has 1 saturated heterocycles. The fourth-order valence-electron chi connectivity index (χ4n) is 3.51. The van der Waals surface area contributed by atoms with E-state index in [0.717, 1.165) is 36.2 Å². The molecular formula is C22H22F3N3O. The highest BCUT2D eigenvalue weighted by Gasteiger charge is 2.31. The summed E-state index contributed by atoms with van der Waals surface area (Å²) in [5.74, 6) is 0.785. The van der Waals surface area contributed by atoms with Gasteiger partial charge >= 0.3 is 6.18 Å². The van der Waals surface area contributed by atoms with E-state index < -0.39 is 11.7 Å². The minimum absolute atomic E-state index is 0.609. The molecule has 0 aliphatic carbocycles. The van der Waals surface area contributed by atoms with Crippen molar-refractivity contribution in [3.8, 4) is 11.3 Å². The van der Waals surface area contributed by atoms with Crippen LogP contribution >= 0.6 is 0 Å². The van der Waals surface area contributed by atoms with E-state index in [0.29, 0.717) is 25.3 Å². The van der Waals surface area contributed by atoms with Crippen molar-refractivity contribution >= 4 is 5.69 Å². The van der Waals surface area contributed by atoms with Crippen LogP contribution in [0.2, 0.25) is 0 Å². The highest BCUT2D eigenvalue weighted by Crippen LogP contribution is 2.32. The van der Waals surface area contributed by atoms with E-state index in [1.54, 1.807) is 6.07 Å². The maximum absolute atomic E-state index is 12.9. The van der Waals surface area contributed by atoms with E-state index in [1.807, 2.05) is 42.2 Å². The van der Waals surface area contributed by atoms with Crippen molar-refractivity contribution in [3.63, 3.8) is 0 Å². The highest BCUT2D eigenvalue weighted by molar-refractivity contribution is 5.59. The first-order chi connectivity index (χ1) is 13.9. The SMILES string of the molecule is Cc1ccc(-c2cc(CN3CCN(c4cccc(C(F)(F)F)c4)CC3)on2)cc1. The van der Waals surface area contributed by atoms with Crippen LogP contribution in [-0.2, 0) is 12.7 Å². The van der Waals surface area contributed by atoms with Crippen molar-refractivity contribution in [2.24, 2.45) is 0 Å². The summed E-state index contributed by atoms with van der Waals surface area (Å²) in [6.45, 7) is 5.50. The van der Waals surface area contributed by atoms with Crippen LogP contribution in [-0.4, -0.2) is 36.2 Å². The lowest BCUT2D eigenvalue weighted by atomic mass is 10.1. The number of alkyl halides is 3. The molecule has 152 valence electrons. The summed E-state index contributed by atoms with van der Waals surface area (Å²) in [4.78, 5) is 4.22. The molecule has 0 saturated carbocycles. The zero-order valence-corrected chi connectivity index (χ0v) is 16.1. The fourth-order valence-corrected chi connectivity index (χ4v) is 3.51. The maximum Gasteiger partial charge on any atom is 0.416 e. The fraction of sp³-hybridized carbons (Fsp3) is 0.318. The summed E-state index contributed by atoms with van der Waals surface area (Å²) >= 11 is 0. The summed E-state index contributed by atoms with van der Waals surface area (Å²) in [5, 5.41) is 4.16. The molecule has 7 heteroatoms. The van der Waals surface area contributed by atoms with Gasteiger partial charge in [-0.05, 0) is 25.1 Å². The van der Waals surface area contributed by atoms with Crippen LogP contribution in [0.4, 0.5) is 18.9 Å². The third-order valence-corrected chi connectivity index (χ3v) is 5.20. The predicted octanol–water partition coefficient (Wildman–Crippen LogP) is 4.99. The average Bonchev–Trinajstić information content (AvgIpc) is 3.17. The molecule has 0 unspecified atom stereocenters. The normalized spacial score (nSPS) is 15.7. The van der Waals surface area contributed by atoms with Gasteiger partial charge in [0.1, 0.15) is 5.69 Å². The van der Waals surface area contributed by atoms with Gasteiger partial charge in [-0.3, -0.25) is 4.90 Å². The number of anilines is 1. The van der Waals surface area contributed by atoms with E-state index in [4.69, 9.17) is 4.52 Å². The topological polar surface area (TPSA) is 32.5 Å². The van der Waals surface area contributed by atoms with Crippen molar-refractivity contribution in [2.75, 3.05) is 31.1 Å². The highest BCUT2D eigenvalue weighted by atomic mass is 19.4. The molecule has 0 amide bonds. The van der Waals surface area contributed by atoms with Gasteiger partial charge in [0.2, 0.25) is 0 Å². The molecule has 1 aliphatic heterocycles. The van der Waals surface area contributed by atoms with Crippen LogP contribution in [0.1, 0.15) is 16.9 Å². The molecule has 2 aromatic carbocycles. The molecule has 0 spiro atoms. The predicted molar refractivity (Wildman–Crippen MR) is 106 cm³/mol. The summed E-state index contributed by atoms with van der Waals surface area (Å²) < 4.78 is 44.3. The first-order valence-corrected chi connectivity index (χ1v) is 9.56. The van der Waals surface area contributed by atoms with E-state index in [2.05, 4.69) is 10.1 Å². The van der Waals surface area contributed by atoms with Crippen molar-refractivity contribution in [1.82, 2.24) is 10.1 Å². The third kappa shape index (κ3) is 4.62. The monoisotopic (exact) mass is 401 g/mol. The zero-order valence-electron chi connectivity index (χ0n) is 16.1.